The van der Waals surface area contributed by atoms with E-state index in [9.17, 15) is 4.79 Å². The Bertz CT molecular complexity index is 914. The highest BCUT2D eigenvalue weighted by Gasteiger charge is 2.09. The molecule has 1 amide bonds. The van der Waals surface area contributed by atoms with Crippen LogP contribution in [-0.4, -0.2) is 22.4 Å². The molecule has 0 fully saturated rings. The van der Waals surface area contributed by atoms with Gasteiger partial charge in [-0.15, -0.1) is 0 Å². The number of nitrogens with zero attached hydrogens (tertiary/aromatic N) is 2. The van der Waals surface area contributed by atoms with Crippen LogP contribution in [0.2, 0.25) is 5.02 Å². The minimum atomic E-state index is -0.268. The van der Waals surface area contributed by atoms with E-state index in [0.717, 1.165) is 23.2 Å². The Hall–Kier alpha value is -2.92. The summed E-state index contributed by atoms with van der Waals surface area (Å²) < 4.78 is 0. The Kier molecular flexibility index (Phi) is 5.81. The van der Waals surface area contributed by atoms with Gasteiger partial charge in [-0.2, -0.15) is 0 Å². The molecule has 0 radical (unpaired) electrons. The van der Waals surface area contributed by atoms with Gasteiger partial charge in [0.15, 0.2) is 0 Å². The number of hydrogen-bond acceptors (Lipinski definition) is 4. The van der Waals surface area contributed by atoms with Crippen LogP contribution in [0.15, 0.2) is 60.8 Å². The van der Waals surface area contributed by atoms with E-state index < -0.39 is 0 Å². The smallest absolute Gasteiger partial charge is 0.274 e. The highest BCUT2D eigenvalue weighted by atomic mass is 35.5. The maximum absolute atomic E-state index is 12.4. The molecule has 1 heterocycles. The summed E-state index contributed by atoms with van der Waals surface area (Å²) >= 11 is 5.98. The Labute approximate surface area is 157 Å². The van der Waals surface area contributed by atoms with Gasteiger partial charge in [0.05, 0.1) is 0 Å². The van der Waals surface area contributed by atoms with Crippen LogP contribution in [0, 0.1) is 6.92 Å². The first-order chi connectivity index (χ1) is 12.6. The molecule has 0 aliphatic heterocycles. The van der Waals surface area contributed by atoms with Crippen molar-refractivity contribution in [2.45, 2.75) is 13.3 Å². The molecule has 132 valence electrons. The van der Waals surface area contributed by atoms with Gasteiger partial charge in [0, 0.05) is 23.5 Å². The lowest BCUT2D eigenvalue weighted by Crippen LogP contribution is -2.16. The summed E-state index contributed by atoms with van der Waals surface area (Å²) in [5.74, 6) is 0.153. The summed E-state index contributed by atoms with van der Waals surface area (Å²) in [6.45, 7) is 2.62. The molecular weight excluding hydrogens is 348 g/mol. The van der Waals surface area contributed by atoms with Crippen LogP contribution < -0.4 is 10.6 Å². The number of aromatic nitrogens is 2. The largest absolute Gasteiger partial charge is 0.354 e. The molecule has 0 saturated carbocycles. The molecule has 5 nitrogen and oxygen atoms in total. The van der Waals surface area contributed by atoms with Gasteiger partial charge in [-0.3, -0.25) is 4.79 Å². The van der Waals surface area contributed by atoms with Crippen molar-refractivity contribution in [2.75, 3.05) is 17.2 Å². The van der Waals surface area contributed by atoms with Crippen LogP contribution in [0.5, 0.6) is 0 Å². The van der Waals surface area contributed by atoms with Crippen LogP contribution in [0.3, 0.4) is 0 Å². The molecule has 2 N–H and O–H groups in total. The summed E-state index contributed by atoms with van der Waals surface area (Å²) in [7, 11) is 0. The third-order valence-corrected chi connectivity index (χ3v) is 3.99. The zero-order chi connectivity index (χ0) is 18.4. The first-order valence-corrected chi connectivity index (χ1v) is 8.67. The molecule has 26 heavy (non-hydrogen) atoms. The highest BCUT2D eigenvalue weighted by molar-refractivity contribution is 6.30. The van der Waals surface area contributed by atoms with Crippen molar-refractivity contribution in [1.82, 2.24) is 9.97 Å². The molecule has 2 aromatic carbocycles. The van der Waals surface area contributed by atoms with Crippen LogP contribution in [-0.2, 0) is 6.42 Å². The Morgan fingerprint density at radius 1 is 1.12 bits per heavy atom. The average molecular weight is 367 g/mol. The topological polar surface area (TPSA) is 66.9 Å². The minimum Gasteiger partial charge on any atom is -0.354 e. The summed E-state index contributed by atoms with van der Waals surface area (Å²) in [6, 6.07) is 16.9. The third-order valence-electron chi connectivity index (χ3n) is 3.75. The van der Waals surface area contributed by atoms with Gasteiger partial charge < -0.3 is 10.6 Å². The van der Waals surface area contributed by atoms with E-state index in [1.807, 2.05) is 55.5 Å². The number of anilines is 2. The number of carbonyl (C=O) groups excluding carboxylic acids is 1. The van der Waals surface area contributed by atoms with Crippen molar-refractivity contribution in [1.29, 1.82) is 0 Å². The standard InChI is InChI=1S/C20H19ClN4O/c1-14-4-2-7-17(12-14)24-19(26)18-9-11-23-20(25-18)22-10-8-15-5-3-6-16(21)13-15/h2-7,9,11-13H,8,10H2,1H3,(H,24,26)(H,22,23,25). The number of hydrogen-bond donors (Lipinski definition) is 2. The maximum atomic E-state index is 12.4. The zero-order valence-electron chi connectivity index (χ0n) is 14.4. The van der Waals surface area contributed by atoms with E-state index in [1.54, 1.807) is 12.3 Å². The van der Waals surface area contributed by atoms with E-state index in [2.05, 4.69) is 20.6 Å². The summed E-state index contributed by atoms with van der Waals surface area (Å²) in [5, 5.41) is 6.69. The van der Waals surface area contributed by atoms with E-state index in [-0.39, 0.29) is 5.91 Å². The van der Waals surface area contributed by atoms with Crippen LogP contribution in [0.25, 0.3) is 0 Å². The molecule has 0 aliphatic rings. The van der Waals surface area contributed by atoms with E-state index >= 15 is 0 Å². The van der Waals surface area contributed by atoms with Crippen molar-refractivity contribution in [2.24, 2.45) is 0 Å². The molecule has 0 unspecified atom stereocenters. The minimum absolute atomic E-state index is 0.268. The van der Waals surface area contributed by atoms with Gasteiger partial charge in [-0.05, 0) is 54.8 Å². The fraction of sp³-hybridized carbons (Fsp3) is 0.150. The summed E-state index contributed by atoms with van der Waals surface area (Å²) in [6.07, 6.45) is 2.35. The maximum Gasteiger partial charge on any atom is 0.274 e. The van der Waals surface area contributed by atoms with Crippen LogP contribution >= 0.6 is 11.6 Å². The number of nitrogens with one attached hydrogen (secondary N) is 2. The van der Waals surface area contributed by atoms with Gasteiger partial charge >= 0.3 is 0 Å². The van der Waals surface area contributed by atoms with Gasteiger partial charge in [0.25, 0.3) is 5.91 Å². The molecule has 6 heteroatoms. The van der Waals surface area contributed by atoms with Crippen LogP contribution in [0.4, 0.5) is 11.6 Å². The Morgan fingerprint density at radius 2 is 1.96 bits per heavy atom. The van der Waals surface area contributed by atoms with Gasteiger partial charge in [-0.25, -0.2) is 9.97 Å². The molecule has 0 aliphatic carbocycles. The molecular formula is C20H19ClN4O. The first-order valence-electron chi connectivity index (χ1n) is 8.29. The lowest BCUT2D eigenvalue weighted by atomic mass is 10.1. The van der Waals surface area contributed by atoms with Crippen LogP contribution in [0.1, 0.15) is 21.6 Å². The number of benzene rings is 2. The molecule has 1 aromatic heterocycles. The summed E-state index contributed by atoms with van der Waals surface area (Å²) in [4.78, 5) is 20.8. The normalized spacial score (nSPS) is 10.4. The van der Waals surface area contributed by atoms with E-state index in [4.69, 9.17) is 11.6 Å². The predicted octanol–water partition coefficient (Wildman–Crippen LogP) is 4.35. The molecule has 0 bridgehead atoms. The number of halogens is 1. The third kappa shape index (κ3) is 5.04. The fourth-order valence-electron chi connectivity index (χ4n) is 2.50. The highest BCUT2D eigenvalue weighted by Crippen LogP contribution is 2.12. The van der Waals surface area contributed by atoms with Gasteiger partial charge in [0.1, 0.15) is 5.69 Å². The zero-order valence-corrected chi connectivity index (χ0v) is 15.1. The second-order valence-electron chi connectivity index (χ2n) is 5.90. The van der Waals surface area contributed by atoms with E-state index in [0.29, 0.717) is 23.2 Å². The number of amides is 1. The van der Waals surface area contributed by atoms with Crippen molar-refractivity contribution in [3.63, 3.8) is 0 Å². The van der Waals surface area contributed by atoms with Gasteiger partial charge in [0.2, 0.25) is 5.95 Å². The molecule has 3 aromatic rings. The SMILES string of the molecule is Cc1cccc(NC(=O)c2ccnc(NCCc3cccc(Cl)c3)n2)c1. The summed E-state index contributed by atoms with van der Waals surface area (Å²) in [5.41, 5.74) is 3.25. The van der Waals surface area contributed by atoms with E-state index in [1.165, 1.54) is 0 Å². The molecule has 0 spiro atoms. The Morgan fingerprint density at radius 3 is 2.77 bits per heavy atom. The first kappa shape index (κ1) is 17.9. The fourth-order valence-corrected chi connectivity index (χ4v) is 2.71. The molecule has 3 rings (SSSR count). The molecule has 0 atom stereocenters. The number of aryl methyl sites for hydroxylation is 1. The van der Waals surface area contributed by atoms with Crippen molar-refractivity contribution in [3.05, 3.63) is 82.6 Å². The Balaban J connectivity index is 1.59. The number of carbonyl (C=O) groups is 1. The van der Waals surface area contributed by atoms with Crippen molar-refractivity contribution < 1.29 is 4.79 Å². The van der Waals surface area contributed by atoms with Crippen molar-refractivity contribution in [3.8, 4) is 0 Å². The second-order valence-corrected chi connectivity index (χ2v) is 6.33. The lowest BCUT2D eigenvalue weighted by Gasteiger charge is -2.08. The lowest BCUT2D eigenvalue weighted by molar-refractivity contribution is 0.102. The number of rotatable bonds is 6. The average Bonchev–Trinajstić information content (AvgIpc) is 2.62. The monoisotopic (exact) mass is 366 g/mol. The predicted molar refractivity (Wildman–Crippen MR) is 105 cm³/mol. The quantitative estimate of drug-likeness (QED) is 0.680. The van der Waals surface area contributed by atoms with Crippen molar-refractivity contribution >= 4 is 29.1 Å². The molecule has 0 saturated heterocycles. The second kappa shape index (κ2) is 8.45. The van der Waals surface area contributed by atoms with Gasteiger partial charge in [-0.1, -0.05) is 35.9 Å².